The van der Waals surface area contributed by atoms with Gasteiger partial charge in [0.25, 0.3) is 15.9 Å². The molecule has 9 heteroatoms. The Morgan fingerprint density at radius 2 is 1.68 bits per heavy atom. The predicted octanol–water partition coefficient (Wildman–Crippen LogP) is 4.70. The first-order valence-corrected chi connectivity index (χ1v) is 12.3. The quantitative estimate of drug-likeness (QED) is 0.359. The van der Waals surface area contributed by atoms with Crippen molar-refractivity contribution >= 4 is 38.9 Å². The summed E-state index contributed by atoms with van der Waals surface area (Å²) < 4.78 is 33.2. The highest BCUT2D eigenvalue weighted by atomic mass is 35.5. The molecule has 0 fully saturated rings. The number of rotatable bonds is 8. The molecule has 0 spiro atoms. The largest absolute Gasteiger partial charge is 0.497 e. The molecule has 0 radical (unpaired) electrons. The van der Waals surface area contributed by atoms with Gasteiger partial charge >= 0.3 is 0 Å². The summed E-state index contributed by atoms with van der Waals surface area (Å²) >= 11 is 6.07. The molecule has 0 saturated heterocycles. The SMILES string of the molecule is COc1ccc(/C(C)=N\NC(=O)CN(c2ccc(Cl)cc2C)S(=O)(=O)c2ccc(C)cc2)cc1. The molecule has 0 aliphatic heterocycles. The van der Waals surface area contributed by atoms with E-state index in [2.05, 4.69) is 10.5 Å². The smallest absolute Gasteiger partial charge is 0.264 e. The van der Waals surface area contributed by atoms with Crippen molar-refractivity contribution in [2.75, 3.05) is 18.0 Å². The molecule has 0 atom stereocenters. The first-order valence-electron chi connectivity index (χ1n) is 10.4. The molecule has 178 valence electrons. The first kappa shape index (κ1) is 25.3. The summed E-state index contributed by atoms with van der Waals surface area (Å²) in [6.45, 7) is 4.89. The highest BCUT2D eigenvalue weighted by Crippen LogP contribution is 2.29. The van der Waals surface area contributed by atoms with Crippen LogP contribution in [0.4, 0.5) is 5.69 Å². The van der Waals surface area contributed by atoms with Crippen LogP contribution >= 0.6 is 11.6 Å². The van der Waals surface area contributed by atoms with Crippen molar-refractivity contribution in [3.05, 3.63) is 88.4 Å². The summed E-state index contributed by atoms with van der Waals surface area (Å²) in [6.07, 6.45) is 0. The van der Waals surface area contributed by atoms with E-state index in [1.165, 1.54) is 12.1 Å². The second kappa shape index (κ2) is 10.7. The Hall–Kier alpha value is -3.36. The van der Waals surface area contributed by atoms with E-state index >= 15 is 0 Å². The van der Waals surface area contributed by atoms with Crippen molar-refractivity contribution < 1.29 is 17.9 Å². The molecule has 1 amide bonds. The number of aryl methyl sites for hydroxylation is 2. The summed E-state index contributed by atoms with van der Waals surface area (Å²) in [5.74, 6) is 0.119. The van der Waals surface area contributed by atoms with Crippen molar-refractivity contribution in [3.8, 4) is 5.75 Å². The average Bonchev–Trinajstić information content (AvgIpc) is 2.81. The number of carbonyl (C=O) groups is 1. The summed E-state index contributed by atoms with van der Waals surface area (Å²) in [5.41, 5.74) is 5.71. The molecule has 0 heterocycles. The number of nitrogens with zero attached hydrogens (tertiary/aromatic N) is 2. The number of anilines is 1. The molecular formula is C25H26ClN3O4S. The fourth-order valence-electron chi connectivity index (χ4n) is 3.24. The zero-order valence-corrected chi connectivity index (χ0v) is 20.9. The van der Waals surface area contributed by atoms with E-state index in [0.29, 0.717) is 27.7 Å². The predicted molar refractivity (Wildman–Crippen MR) is 135 cm³/mol. The Balaban J connectivity index is 1.89. The summed E-state index contributed by atoms with van der Waals surface area (Å²) in [6, 6.07) is 18.5. The van der Waals surface area contributed by atoms with Gasteiger partial charge in [-0.15, -0.1) is 0 Å². The molecule has 3 aromatic rings. The fraction of sp³-hybridized carbons (Fsp3) is 0.200. The lowest BCUT2D eigenvalue weighted by Gasteiger charge is -2.25. The Morgan fingerprint density at radius 1 is 1.03 bits per heavy atom. The number of amides is 1. The zero-order chi connectivity index (χ0) is 24.9. The minimum absolute atomic E-state index is 0.0816. The molecule has 34 heavy (non-hydrogen) atoms. The summed E-state index contributed by atoms with van der Waals surface area (Å²) in [7, 11) is -2.45. The third kappa shape index (κ3) is 5.95. The highest BCUT2D eigenvalue weighted by molar-refractivity contribution is 7.92. The molecular weight excluding hydrogens is 474 g/mol. The summed E-state index contributed by atoms with van der Waals surface area (Å²) in [5, 5.41) is 4.60. The number of benzene rings is 3. The van der Waals surface area contributed by atoms with Gasteiger partial charge in [-0.1, -0.05) is 29.3 Å². The molecule has 3 aromatic carbocycles. The lowest BCUT2D eigenvalue weighted by atomic mass is 10.1. The maximum Gasteiger partial charge on any atom is 0.264 e. The third-order valence-corrected chi connectivity index (χ3v) is 7.19. The van der Waals surface area contributed by atoms with Gasteiger partial charge in [0.2, 0.25) is 0 Å². The summed E-state index contributed by atoms with van der Waals surface area (Å²) in [4.78, 5) is 12.9. The number of ether oxygens (including phenoxy) is 1. The van der Waals surface area contributed by atoms with Crippen molar-refractivity contribution in [1.82, 2.24) is 5.43 Å². The van der Waals surface area contributed by atoms with Gasteiger partial charge in [-0.3, -0.25) is 9.10 Å². The molecule has 3 rings (SSSR count). The van der Waals surface area contributed by atoms with Crippen LogP contribution in [0.25, 0.3) is 0 Å². The van der Waals surface area contributed by atoms with E-state index in [-0.39, 0.29) is 4.90 Å². The second-order valence-corrected chi connectivity index (χ2v) is 10.0. The van der Waals surface area contributed by atoms with Crippen LogP contribution in [0.15, 0.2) is 76.7 Å². The topological polar surface area (TPSA) is 88.1 Å². The average molecular weight is 500 g/mol. The van der Waals surface area contributed by atoms with Crippen molar-refractivity contribution in [3.63, 3.8) is 0 Å². The van der Waals surface area contributed by atoms with E-state index in [9.17, 15) is 13.2 Å². The minimum atomic E-state index is -4.03. The molecule has 7 nitrogen and oxygen atoms in total. The van der Waals surface area contributed by atoms with E-state index in [1.807, 2.05) is 19.1 Å². The molecule has 0 unspecified atom stereocenters. The number of hydrogen-bond acceptors (Lipinski definition) is 5. The number of halogens is 1. The zero-order valence-electron chi connectivity index (χ0n) is 19.4. The van der Waals surface area contributed by atoms with Gasteiger partial charge in [-0.25, -0.2) is 13.8 Å². The van der Waals surface area contributed by atoms with Gasteiger partial charge in [-0.05, 0) is 86.5 Å². The Bertz CT molecular complexity index is 1300. The maximum atomic E-state index is 13.5. The van der Waals surface area contributed by atoms with Gasteiger partial charge in [0.1, 0.15) is 12.3 Å². The van der Waals surface area contributed by atoms with Gasteiger partial charge < -0.3 is 4.74 Å². The van der Waals surface area contributed by atoms with Gasteiger partial charge in [0.15, 0.2) is 0 Å². The third-order valence-electron chi connectivity index (χ3n) is 5.18. The van der Waals surface area contributed by atoms with Crippen LogP contribution in [0.3, 0.4) is 0 Å². The van der Waals surface area contributed by atoms with Crippen LogP contribution in [0.1, 0.15) is 23.6 Å². The first-order chi connectivity index (χ1) is 16.1. The van der Waals surface area contributed by atoms with Crippen LogP contribution in [0, 0.1) is 13.8 Å². The fourth-order valence-corrected chi connectivity index (χ4v) is 4.96. The van der Waals surface area contributed by atoms with Crippen LogP contribution in [0.5, 0.6) is 5.75 Å². The number of nitrogens with one attached hydrogen (secondary N) is 1. The van der Waals surface area contributed by atoms with E-state index in [1.54, 1.807) is 63.4 Å². The van der Waals surface area contributed by atoms with Gasteiger partial charge in [-0.2, -0.15) is 5.10 Å². The molecule has 0 bridgehead atoms. The Kier molecular flexibility index (Phi) is 7.96. The number of methoxy groups -OCH3 is 1. The van der Waals surface area contributed by atoms with E-state index in [4.69, 9.17) is 16.3 Å². The lowest BCUT2D eigenvalue weighted by Crippen LogP contribution is -2.40. The highest BCUT2D eigenvalue weighted by Gasteiger charge is 2.28. The van der Waals surface area contributed by atoms with E-state index in [0.717, 1.165) is 15.4 Å². The van der Waals surface area contributed by atoms with Crippen LogP contribution < -0.4 is 14.5 Å². The normalized spacial score (nSPS) is 11.7. The number of hydrazone groups is 1. The molecule has 0 saturated carbocycles. The molecule has 1 N–H and O–H groups in total. The molecule has 0 aliphatic rings. The minimum Gasteiger partial charge on any atom is -0.497 e. The van der Waals surface area contributed by atoms with Crippen molar-refractivity contribution in [1.29, 1.82) is 0 Å². The van der Waals surface area contributed by atoms with E-state index < -0.39 is 22.5 Å². The Morgan fingerprint density at radius 3 is 2.26 bits per heavy atom. The van der Waals surface area contributed by atoms with Crippen LogP contribution in [0.2, 0.25) is 5.02 Å². The molecule has 0 aromatic heterocycles. The number of sulfonamides is 1. The van der Waals surface area contributed by atoms with Gasteiger partial charge in [0.05, 0.1) is 23.4 Å². The molecule has 0 aliphatic carbocycles. The van der Waals surface area contributed by atoms with Crippen molar-refractivity contribution in [2.24, 2.45) is 5.10 Å². The Labute approximate surface area is 205 Å². The second-order valence-electron chi connectivity index (χ2n) is 7.72. The van der Waals surface area contributed by atoms with Crippen LogP contribution in [-0.4, -0.2) is 33.7 Å². The van der Waals surface area contributed by atoms with Crippen LogP contribution in [-0.2, 0) is 14.8 Å². The standard InChI is InChI=1S/C25H26ClN3O4S/c1-17-5-12-23(13-6-17)34(31,32)29(24-14-9-21(26)15-18(24)2)16-25(30)28-27-19(3)20-7-10-22(33-4)11-8-20/h5-15H,16H2,1-4H3,(H,28,30)/b27-19-. The number of hydrogen-bond donors (Lipinski definition) is 1. The van der Waals surface area contributed by atoms with Gasteiger partial charge in [0, 0.05) is 5.02 Å². The maximum absolute atomic E-state index is 13.5. The van der Waals surface area contributed by atoms with Crippen molar-refractivity contribution in [2.45, 2.75) is 25.7 Å². The monoisotopic (exact) mass is 499 g/mol. The lowest BCUT2D eigenvalue weighted by molar-refractivity contribution is -0.119. The number of carbonyl (C=O) groups excluding carboxylic acids is 1.